The van der Waals surface area contributed by atoms with Crippen LogP contribution in [0.15, 0.2) is 11.1 Å². The zero-order valence-corrected chi connectivity index (χ0v) is 10.9. The van der Waals surface area contributed by atoms with Crippen LogP contribution in [-0.4, -0.2) is 11.6 Å². The molecule has 3 aliphatic rings. The zero-order valence-electron chi connectivity index (χ0n) is 10.9. The summed E-state index contributed by atoms with van der Waals surface area (Å²) in [6, 6.07) is 0. The summed E-state index contributed by atoms with van der Waals surface area (Å²) in [4.78, 5) is 24.1. The molecule has 0 radical (unpaired) electrons. The molecule has 92 valence electrons. The van der Waals surface area contributed by atoms with Crippen LogP contribution < -0.4 is 0 Å². The van der Waals surface area contributed by atoms with Crippen molar-refractivity contribution in [3.8, 4) is 0 Å². The Balaban J connectivity index is 2.14. The lowest BCUT2D eigenvalue weighted by atomic mass is 9.75. The maximum absolute atomic E-state index is 12.4. The molecule has 0 N–H and O–H groups in total. The molecule has 0 saturated heterocycles. The first-order valence-corrected chi connectivity index (χ1v) is 6.63. The van der Waals surface area contributed by atoms with Gasteiger partial charge in [0, 0.05) is 6.42 Å². The molecule has 2 saturated carbocycles. The van der Waals surface area contributed by atoms with E-state index < -0.39 is 0 Å². The first-order valence-electron chi connectivity index (χ1n) is 6.63. The van der Waals surface area contributed by atoms with Crippen LogP contribution in [0.25, 0.3) is 0 Å². The second-order valence-corrected chi connectivity index (χ2v) is 6.85. The Hall–Kier alpha value is -0.920. The van der Waals surface area contributed by atoms with Crippen LogP contribution in [0.1, 0.15) is 52.9 Å². The van der Waals surface area contributed by atoms with Crippen molar-refractivity contribution in [2.24, 2.45) is 16.7 Å². The number of Topliss-reactive ketones (excluding diaryl/α,β-unsaturated/α-hetero) is 2. The molecule has 0 aromatic carbocycles. The minimum Gasteiger partial charge on any atom is -0.299 e. The Morgan fingerprint density at radius 2 is 2.00 bits per heavy atom. The number of rotatable bonds is 1. The lowest BCUT2D eigenvalue weighted by Crippen LogP contribution is -2.28. The third kappa shape index (κ3) is 1.27. The molecule has 2 heteroatoms. The third-order valence-electron chi connectivity index (χ3n) is 5.13. The first-order chi connectivity index (χ1) is 7.87. The molecule has 0 bridgehead atoms. The Morgan fingerprint density at radius 3 is 2.65 bits per heavy atom. The first kappa shape index (κ1) is 11.2. The van der Waals surface area contributed by atoms with E-state index in [1.165, 1.54) is 5.57 Å². The molecule has 2 nitrogen and oxygen atoms in total. The molecule has 2 unspecified atom stereocenters. The van der Waals surface area contributed by atoms with Gasteiger partial charge in [0.2, 0.25) is 0 Å². The Labute approximate surface area is 102 Å². The van der Waals surface area contributed by atoms with E-state index in [9.17, 15) is 9.59 Å². The fraction of sp³-hybridized carbons (Fsp3) is 0.733. The summed E-state index contributed by atoms with van der Waals surface area (Å²) in [6.07, 6.45) is 4.44. The van der Waals surface area contributed by atoms with Gasteiger partial charge in [0.25, 0.3) is 0 Å². The predicted octanol–water partition coefficient (Wildman–Crippen LogP) is 3.06. The highest BCUT2D eigenvalue weighted by molar-refractivity contribution is 6.01. The van der Waals surface area contributed by atoms with Crippen molar-refractivity contribution >= 4 is 11.6 Å². The van der Waals surface area contributed by atoms with Crippen molar-refractivity contribution < 1.29 is 9.59 Å². The second-order valence-electron chi connectivity index (χ2n) is 6.85. The standard InChI is InChI=1S/C15H20O2/c1-9(16)11-6-10-7-14(2,3)8-15(10)12(11)4-5-13(15)17/h10H,4-8H2,1-3H3. The largest absolute Gasteiger partial charge is 0.299 e. The highest BCUT2D eigenvalue weighted by atomic mass is 16.1. The van der Waals surface area contributed by atoms with Crippen molar-refractivity contribution in [1.82, 2.24) is 0 Å². The SMILES string of the molecule is CC(=O)C1=C2CCC(=O)C23CC(C)(C)CC3C1. The van der Waals surface area contributed by atoms with E-state index in [2.05, 4.69) is 13.8 Å². The van der Waals surface area contributed by atoms with Gasteiger partial charge in [-0.05, 0) is 55.1 Å². The van der Waals surface area contributed by atoms with Crippen molar-refractivity contribution in [1.29, 1.82) is 0 Å². The second kappa shape index (κ2) is 3.09. The average Bonchev–Trinajstić information content (AvgIpc) is 2.73. The van der Waals surface area contributed by atoms with Crippen LogP contribution in [0.3, 0.4) is 0 Å². The van der Waals surface area contributed by atoms with Gasteiger partial charge < -0.3 is 0 Å². The molecule has 0 aliphatic heterocycles. The van der Waals surface area contributed by atoms with E-state index in [4.69, 9.17) is 0 Å². The quantitative estimate of drug-likeness (QED) is 0.696. The molecule has 2 fully saturated rings. The van der Waals surface area contributed by atoms with Gasteiger partial charge in [-0.1, -0.05) is 13.8 Å². The van der Waals surface area contributed by atoms with Crippen molar-refractivity contribution in [2.75, 3.05) is 0 Å². The summed E-state index contributed by atoms with van der Waals surface area (Å²) in [5, 5.41) is 0. The average molecular weight is 232 g/mol. The van der Waals surface area contributed by atoms with Crippen LogP contribution >= 0.6 is 0 Å². The van der Waals surface area contributed by atoms with Gasteiger partial charge in [-0.3, -0.25) is 9.59 Å². The van der Waals surface area contributed by atoms with Gasteiger partial charge in [-0.15, -0.1) is 0 Å². The highest BCUT2D eigenvalue weighted by Gasteiger charge is 2.62. The molecule has 0 aromatic rings. The van der Waals surface area contributed by atoms with E-state index in [1.807, 2.05) is 0 Å². The maximum atomic E-state index is 12.4. The van der Waals surface area contributed by atoms with Gasteiger partial charge in [0.05, 0.1) is 5.41 Å². The fourth-order valence-electron chi connectivity index (χ4n) is 4.74. The summed E-state index contributed by atoms with van der Waals surface area (Å²) >= 11 is 0. The van der Waals surface area contributed by atoms with Crippen LogP contribution in [0.4, 0.5) is 0 Å². The normalized spacial score (nSPS) is 38.5. The summed E-state index contributed by atoms with van der Waals surface area (Å²) in [5.74, 6) is 1.03. The number of carbonyl (C=O) groups excluding carboxylic acids is 2. The fourth-order valence-corrected chi connectivity index (χ4v) is 4.74. The Morgan fingerprint density at radius 1 is 1.29 bits per heavy atom. The molecular weight excluding hydrogens is 212 g/mol. The number of ketones is 2. The van der Waals surface area contributed by atoms with E-state index in [0.717, 1.165) is 31.3 Å². The molecular formula is C15H20O2. The molecule has 3 rings (SSSR count). The molecule has 0 aromatic heterocycles. The van der Waals surface area contributed by atoms with Gasteiger partial charge in [0.1, 0.15) is 5.78 Å². The van der Waals surface area contributed by atoms with Crippen molar-refractivity contribution in [3.05, 3.63) is 11.1 Å². The number of allylic oxidation sites excluding steroid dienone is 2. The summed E-state index contributed by atoms with van der Waals surface area (Å²) < 4.78 is 0. The molecule has 0 heterocycles. The lowest BCUT2D eigenvalue weighted by Gasteiger charge is -2.26. The van der Waals surface area contributed by atoms with Crippen molar-refractivity contribution in [2.45, 2.75) is 52.9 Å². The smallest absolute Gasteiger partial charge is 0.155 e. The van der Waals surface area contributed by atoms with Gasteiger partial charge in [0.15, 0.2) is 5.78 Å². The highest BCUT2D eigenvalue weighted by Crippen LogP contribution is 2.66. The number of hydrogen-bond donors (Lipinski definition) is 0. The van der Waals surface area contributed by atoms with Crippen LogP contribution in [-0.2, 0) is 9.59 Å². The Kier molecular flexibility index (Phi) is 2.04. The zero-order chi connectivity index (χ0) is 12.4. The van der Waals surface area contributed by atoms with Crippen LogP contribution in [0.2, 0.25) is 0 Å². The molecule has 17 heavy (non-hydrogen) atoms. The maximum Gasteiger partial charge on any atom is 0.155 e. The molecule has 1 spiro atoms. The summed E-state index contributed by atoms with van der Waals surface area (Å²) in [6.45, 7) is 6.18. The van der Waals surface area contributed by atoms with E-state index in [-0.39, 0.29) is 16.6 Å². The topological polar surface area (TPSA) is 34.1 Å². The van der Waals surface area contributed by atoms with E-state index >= 15 is 0 Å². The summed E-state index contributed by atoms with van der Waals surface area (Å²) in [7, 11) is 0. The summed E-state index contributed by atoms with van der Waals surface area (Å²) in [5.41, 5.74) is 2.27. The van der Waals surface area contributed by atoms with Crippen LogP contribution in [0, 0.1) is 16.7 Å². The minimum absolute atomic E-state index is 0.196. The third-order valence-corrected chi connectivity index (χ3v) is 5.13. The van der Waals surface area contributed by atoms with E-state index in [1.54, 1.807) is 6.92 Å². The lowest BCUT2D eigenvalue weighted by molar-refractivity contribution is -0.126. The van der Waals surface area contributed by atoms with Gasteiger partial charge >= 0.3 is 0 Å². The number of hydrogen-bond acceptors (Lipinski definition) is 2. The van der Waals surface area contributed by atoms with Crippen molar-refractivity contribution in [3.63, 3.8) is 0 Å². The number of carbonyl (C=O) groups is 2. The van der Waals surface area contributed by atoms with Gasteiger partial charge in [-0.2, -0.15) is 0 Å². The molecule has 0 amide bonds. The van der Waals surface area contributed by atoms with Crippen LogP contribution in [0.5, 0.6) is 0 Å². The Bertz CT molecular complexity index is 456. The predicted molar refractivity (Wildman–Crippen MR) is 65.5 cm³/mol. The van der Waals surface area contributed by atoms with E-state index in [0.29, 0.717) is 18.1 Å². The van der Waals surface area contributed by atoms with Gasteiger partial charge in [-0.25, -0.2) is 0 Å². The molecule has 2 atom stereocenters. The monoisotopic (exact) mass is 232 g/mol. The molecule has 3 aliphatic carbocycles. The minimum atomic E-state index is -0.218.